The summed E-state index contributed by atoms with van der Waals surface area (Å²) in [7, 11) is 0. The van der Waals surface area contributed by atoms with E-state index in [4.69, 9.17) is 4.74 Å². The van der Waals surface area contributed by atoms with E-state index in [0.29, 0.717) is 17.8 Å². The molecule has 0 saturated carbocycles. The van der Waals surface area contributed by atoms with Gasteiger partial charge in [-0.3, -0.25) is 9.59 Å². The monoisotopic (exact) mass is 354 g/mol. The molecular formula is C21H26N2O3. The molecule has 2 amide bonds. The molecule has 0 radical (unpaired) electrons. The van der Waals surface area contributed by atoms with Gasteiger partial charge in [-0.05, 0) is 56.5 Å². The van der Waals surface area contributed by atoms with Gasteiger partial charge in [-0.2, -0.15) is 0 Å². The number of carbonyl (C=O) groups excluding carboxylic acids is 2. The molecule has 0 spiro atoms. The van der Waals surface area contributed by atoms with Crippen LogP contribution < -0.4 is 15.4 Å². The summed E-state index contributed by atoms with van der Waals surface area (Å²) >= 11 is 0. The van der Waals surface area contributed by atoms with Crippen molar-refractivity contribution < 1.29 is 14.3 Å². The highest BCUT2D eigenvalue weighted by Gasteiger charge is 2.17. The molecule has 0 bridgehead atoms. The molecule has 2 aromatic rings. The number of nitrogens with one attached hydrogen (secondary N) is 2. The number of rotatable bonds is 7. The topological polar surface area (TPSA) is 67.4 Å². The summed E-state index contributed by atoms with van der Waals surface area (Å²) in [5.41, 5.74) is 3.05. The Labute approximate surface area is 154 Å². The van der Waals surface area contributed by atoms with Crippen LogP contribution in [-0.2, 0) is 4.79 Å². The molecule has 138 valence electrons. The number of hydrogen-bond donors (Lipinski definition) is 2. The van der Waals surface area contributed by atoms with Crippen LogP contribution in [0.2, 0.25) is 0 Å². The van der Waals surface area contributed by atoms with Gasteiger partial charge >= 0.3 is 0 Å². The lowest BCUT2D eigenvalue weighted by Gasteiger charge is -2.18. The lowest BCUT2D eigenvalue weighted by atomic mass is 10.1. The summed E-state index contributed by atoms with van der Waals surface area (Å²) in [5.74, 6) is 0.310. The highest BCUT2D eigenvalue weighted by molar-refractivity contribution is 5.98. The van der Waals surface area contributed by atoms with E-state index in [-0.39, 0.29) is 11.8 Å². The fraction of sp³-hybridized carbons (Fsp3) is 0.333. The summed E-state index contributed by atoms with van der Waals surface area (Å²) < 4.78 is 5.85. The fourth-order valence-corrected chi connectivity index (χ4v) is 2.54. The zero-order valence-corrected chi connectivity index (χ0v) is 15.8. The van der Waals surface area contributed by atoms with E-state index in [0.717, 1.165) is 23.3 Å². The Kier molecular flexibility index (Phi) is 6.78. The van der Waals surface area contributed by atoms with Crippen molar-refractivity contribution in [1.82, 2.24) is 5.32 Å². The fourth-order valence-electron chi connectivity index (χ4n) is 2.54. The summed E-state index contributed by atoms with van der Waals surface area (Å²) in [4.78, 5) is 24.5. The van der Waals surface area contributed by atoms with Gasteiger partial charge in [-0.25, -0.2) is 0 Å². The Hall–Kier alpha value is -2.82. The van der Waals surface area contributed by atoms with Crippen LogP contribution >= 0.6 is 0 Å². The number of ether oxygens (including phenoxy) is 1. The van der Waals surface area contributed by atoms with Crippen molar-refractivity contribution in [1.29, 1.82) is 0 Å². The Morgan fingerprint density at radius 1 is 1.08 bits per heavy atom. The van der Waals surface area contributed by atoms with Crippen LogP contribution in [0.25, 0.3) is 0 Å². The van der Waals surface area contributed by atoms with E-state index in [9.17, 15) is 9.59 Å². The molecule has 0 aliphatic rings. The van der Waals surface area contributed by atoms with E-state index in [1.165, 1.54) is 0 Å². The standard InChI is InChI=1S/C21H26N2O3/c1-5-12-22-21(25)17-10-7-11-18(13-17)23-20(24)16(4)26-19-14(2)8-6-9-15(19)3/h6-11,13,16H,5,12H2,1-4H3,(H,22,25)(H,23,24). The number of aryl methyl sites for hydroxylation is 2. The van der Waals surface area contributed by atoms with Gasteiger partial charge in [0.25, 0.3) is 11.8 Å². The average Bonchev–Trinajstić information content (AvgIpc) is 2.62. The van der Waals surface area contributed by atoms with Crippen LogP contribution in [0.15, 0.2) is 42.5 Å². The Morgan fingerprint density at radius 2 is 1.73 bits per heavy atom. The summed E-state index contributed by atoms with van der Waals surface area (Å²) in [6.45, 7) is 8.22. The second kappa shape index (κ2) is 9.04. The van der Waals surface area contributed by atoms with Crippen molar-refractivity contribution in [3.8, 4) is 5.75 Å². The van der Waals surface area contributed by atoms with E-state index in [1.54, 1.807) is 31.2 Å². The van der Waals surface area contributed by atoms with Gasteiger partial charge in [0.15, 0.2) is 6.10 Å². The minimum Gasteiger partial charge on any atom is -0.480 e. The molecule has 2 aromatic carbocycles. The zero-order chi connectivity index (χ0) is 19.1. The number of carbonyl (C=O) groups is 2. The molecular weight excluding hydrogens is 328 g/mol. The lowest BCUT2D eigenvalue weighted by Crippen LogP contribution is -2.30. The van der Waals surface area contributed by atoms with Crippen molar-refractivity contribution in [3.63, 3.8) is 0 Å². The van der Waals surface area contributed by atoms with E-state index in [1.807, 2.05) is 39.0 Å². The third-order valence-corrected chi connectivity index (χ3v) is 4.00. The molecule has 0 fully saturated rings. The first kappa shape index (κ1) is 19.5. The van der Waals surface area contributed by atoms with E-state index in [2.05, 4.69) is 10.6 Å². The van der Waals surface area contributed by atoms with Gasteiger partial charge in [0.1, 0.15) is 5.75 Å². The van der Waals surface area contributed by atoms with Crippen LogP contribution in [0.3, 0.4) is 0 Å². The first-order valence-electron chi connectivity index (χ1n) is 8.84. The quantitative estimate of drug-likeness (QED) is 0.794. The Morgan fingerprint density at radius 3 is 2.38 bits per heavy atom. The predicted octanol–water partition coefficient (Wildman–Crippen LogP) is 3.85. The van der Waals surface area contributed by atoms with Crippen molar-refractivity contribution in [2.24, 2.45) is 0 Å². The number of hydrogen-bond acceptors (Lipinski definition) is 3. The van der Waals surface area contributed by atoms with Gasteiger partial charge in [-0.1, -0.05) is 31.2 Å². The van der Waals surface area contributed by atoms with Gasteiger partial charge in [-0.15, -0.1) is 0 Å². The van der Waals surface area contributed by atoms with Crippen LogP contribution in [0, 0.1) is 13.8 Å². The molecule has 0 aromatic heterocycles. The molecule has 1 atom stereocenters. The molecule has 0 heterocycles. The second-order valence-corrected chi connectivity index (χ2v) is 6.31. The molecule has 0 aliphatic carbocycles. The molecule has 5 heteroatoms. The predicted molar refractivity (Wildman–Crippen MR) is 104 cm³/mol. The van der Waals surface area contributed by atoms with E-state index < -0.39 is 6.10 Å². The van der Waals surface area contributed by atoms with Crippen molar-refractivity contribution in [2.75, 3.05) is 11.9 Å². The minimum absolute atomic E-state index is 0.150. The number of para-hydroxylation sites is 1. The average molecular weight is 354 g/mol. The van der Waals surface area contributed by atoms with Crippen LogP contribution in [-0.4, -0.2) is 24.5 Å². The summed E-state index contributed by atoms with van der Waals surface area (Å²) in [6.07, 6.45) is 0.211. The van der Waals surface area contributed by atoms with Gasteiger partial charge in [0.2, 0.25) is 0 Å². The smallest absolute Gasteiger partial charge is 0.265 e. The molecule has 1 unspecified atom stereocenters. The van der Waals surface area contributed by atoms with Crippen molar-refractivity contribution in [2.45, 2.75) is 40.2 Å². The molecule has 2 N–H and O–H groups in total. The van der Waals surface area contributed by atoms with Crippen molar-refractivity contribution >= 4 is 17.5 Å². The van der Waals surface area contributed by atoms with Crippen molar-refractivity contribution in [3.05, 3.63) is 59.2 Å². The van der Waals surface area contributed by atoms with Crippen LogP contribution in [0.5, 0.6) is 5.75 Å². The number of amides is 2. The lowest BCUT2D eigenvalue weighted by molar-refractivity contribution is -0.122. The number of anilines is 1. The Bertz CT molecular complexity index is 766. The highest BCUT2D eigenvalue weighted by Crippen LogP contribution is 2.24. The first-order valence-corrected chi connectivity index (χ1v) is 8.84. The van der Waals surface area contributed by atoms with E-state index >= 15 is 0 Å². The largest absolute Gasteiger partial charge is 0.480 e. The molecule has 26 heavy (non-hydrogen) atoms. The highest BCUT2D eigenvalue weighted by atomic mass is 16.5. The molecule has 0 aliphatic heterocycles. The van der Waals surface area contributed by atoms with Crippen LogP contribution in [0.1, 0.15) is 41.8 Å². The van der Waals surface area contributed by atoms with Gasteiger partial charge in [0.05, 0.1) is 0 Å². The molecule has 2 rings (SSSR count). The second-order valence-electron chi connectivity index (χ2n) is 6.31. The third-order valence-electron chi connectivity index (χ3n) is 4.00. The van der Waals surface area contributed by atoms with Gasteiger partial charge in [0, 0.05) is 17.8 Å². The van der Waals surface area contributed by atoms with Crippen LogP contribution in [0.4, 0.5) is 5.69 Å². The third kappa shape index (κ3) is 5.09. The first-order chi connectivity index (χ1) is 12.4. The maximum Gasteiger partial charge on any atom is 0.265 e. The SMILES string of the molecule is CCCNC(=O)c1cccc(NC(=O)C(C)Oc2c(C)cccc2C)c1. The minimum atomic E-state index is -0.660. The maximum absolute atomic E-state index is 12.5. The maximum atomic E-state index is 12.5. The zero-order valence-electron chi connectivity index (χ0n) is 15.8. The summed E-state index contributed by atoms with van der Waals surface area (Å²) in [6, 6.07) is 12.7. The molecule has 5 nitrogen and oxygen atoms in total. The number of benzene rings is 2. The normalized spacial score (nSPS) is 11.5. The summed E-state index contributed by atoms with van der Waals surface area (Å²) in [5, 5.41) is 5.63. The Balaban J connectivity index is 2.04. The van der Waals surface area contributed by atoms with Gasteiger partial charge < -0.3 is 15.4 Å². The molecule has 0 saturated heterocycles.